The quantitative estimate of drug-likeness (QED) is 0.882. The molecule has 3 nitrogen and oxygen atoms in total. The Balaban J connectivity index is 2.13. The summed E-state index contributed by atoms with van der Waals surface area (Å²) in [5.74, 6) is -0.0429. The molecule has 2 rings (SSSR count). The van der Waals surface area contributed by atoms with E-state index in [0.717, 1.165) is 17.3 Å². The lowest BCUT2D eigenvalue weighted by molar-refractivity contribution is 0.0954. The van der Waals surface area contributed by atoms with Gasteiger partial charge in [-0.15, -0.1) is 0 Å². The minimum absolute atomic E-state index is 0.0429. The van der Waals surface area contributed by atoms with Crippen molar-refractivity contribution in [1.82, 2.24) is 10.3 Å². The van der Waals surface area contributed by atoms with E-state index in [4.69, 9.17) is 0 Å². The SMILES string of the molecule is CCC(Br)CNC(=O)c1ccc2ncccc2c1. The number of hydrogen-bond acceptors (Lipinski definition) is 2. The molecule has 2 aromatic rings. The van der Waals surface area contributed by atoms with Gasteiger partial charge in [0.25, 0.3) is 5.91 Å². The zero-order valence-corrected chi connectivity index (χ0v) is 11.8. The summed E-state index contributed by atoms with van der Waals surface area (Å²) < 4.78 is 0. The number of halogens is 1. The van der Waals surface area contributed by atoms with E-state index < -0.39 is 0 Å². The Labute approximate surface area is 115 Å². The molecule has 0 saturated carbocycles. The Morgan fingerprint density at radius 3 is 3.06 bits per heavy atom. The summed E-state index contributed by atoms with van der Waals surface area (Å²) in [7, 11) is 0. The van der Waals surface area contributed by atoms with Crippen LogP contribution in [0.25, 0.3) is 10.9 Å². The third kappa shape index (κ3) is 3.07. The maximum absolute atomic E-state index is 12.0. The minimum atomic E-state index is -0.0429. The molecule has 1 unspecified atom stereocenters. The molecule has 0 saturated heterocycles. The molecule has 0 bridgehead atoms. The van der Waals surface area contributed by atoms with E-state index in [2.05, 4.69) is 33.2 Å². The van der Waals surface area contributed by atoms with Crippen LogP contribution in [0.3, 0.4) is 0 Å². The third-order valence-corrected chi connectivity index (χ3v) is 3.76. The number of benzene rings is 1. The van der Waals surface area contributed by atoms with Crippen molar-refractivity contribution in [3.8, 4) is 0 Å². The van der Waals surface area contributed by atoms with Gasteiger partial charge in [0.15, 0.2) is 0 Å². The highest BCUT2D eigenvalue weighted by molar-refractivity contribution is 9.09. The third-order valence-electron chi connectivity index (χ3n) is 2.79. The predicted octanol–water partition coefficient (Wildman–Crippen LogP) is 3.14. The maximum Gasteiger partial charge on any atom is 0.251 e. The number of hydrogen-bond donors (Lipinski definition) is 1. The highest BCUT2D eigenvalue weighted by Crippen LogP contribution is 2.13. The Kier molecular flexibility index (Phi) is 4.31. The minimum Gasteiger partial charge on any atom is -0.351 e. The van der Waals surface area contributed by atoms with Crippen LogP contribution in [0.2, 0.25) is 0 Å². The van der Waals surface area contributed by atoms with Crippen LogP contribution in [0.15, 0.2) is 36.5 Å². The topological polar surface area (TPSA) is 42.0 Å². The van der Waals surface area contributed by atoms with Crippen molar-refractivity contribution >= 4 is 32.7 Å². The second kappa shape index (κ2) is 5.96. The summed E-state index contributed by atoms with van der Waals surface area (Å²) >= 11 is 3.49. The summed E-state index contributed by atoms with van der Waals surface area (Å²) in [6.45, 7) is 2.72. The molecule has 0 spiro atoms. The van der Waals surface area contributed by atoms with Gasteiger partial charge in [0.2, 0.25) is 0 Å². The summed E-state index contributed by atoms with van der Waals surface area (Å²) in [4.78, 5) is 16.5. The largest absolute Gasteiger partial charge is 0.351 e. The van der Waals surface area contributed by atoms with Crippen LogP contribution in [-0.4, -0.2) is 22.3 Å². The normalized spacial score (nSPS) is 12.3. The zero-order valence-electron chi connectivity index (χ0n) is 10.2. The first-order valence-electron chi connectivity index (χ1n) is 5.97. The van der Waals surface area contributed by atoms with Gasteiger partial charge in [-0.1, -0.05) is 28.9 Å². The van der Waals surface area contributed by atoms with Crippen molar-refractivity contribution in [3.63, 3.8) is 0 Å². The first kappa shape index (κ1) is 13.0. The Hall–Kier alpha value is -1.42. The van der Waals surface area contributed by atoms with Crippen molar-refractivity contribution in [2.24, 2.45) is 0 Å². The van der Waals surface area contributed by atoms with Crippen LogP contribution in [0.1, 0.15) is 23.7 Å². The van der Waals surface area contributed by atoms with Gasteiger partial charge >= 0.3 is 0 Å². The van der Waals surface area contributed by atoms with Gasteiger partial charge in [-0.25, -0.2) is 0 Å². The number of pyridine rings is 1. The van der Waals surface area contributed by atoms with Crippen molar-refractivity contribution in [3.05, 3.63) is 42.1 Å². The number of alkyl halides is 1. The lowest BCUT2D eigenvalue weighted by Crippen LogP contribution is -2.29. The molecule has 1 aromatic carbocycles. The monoisotopic (exact) mass is 306 g/mol. The van der Waals surface area contributed by atoms with E-state index in [0.29, 0.717) is 16.9 Å². The first-order chi connectivity index (χ1) is 8.70. The first-order valence-corrected chi connectivity index (χ1v) is 6.89. The molecule has 0 fully saturated rings. The Morgan fingerprint density at radius 1 is 1.44 bits per heavy atom. The summed E-state index contributed by atoms with van der Waals surface area (Å²) in [5, 5.41) is 3.89. The lowest BCUT2D eigenvalue weighted by atomic mass is 10.1. The van der Waals surface area contributed by atoms with E-state index in [1.165, 1.54) is 0 Å². The lowest BCUT2D eigenvalue weighted by Gasteiger charge is -2.09. The van der Waals surface area contributed by atoms with Gasteiger partial charge in [-0.05, 0) is 30.7 Å². The molecule has 0 aliphatic carbocycles. The number of fused-ring (bicyclic) bond motifs is 1. The van der Waals surface area contributed by atoms with Crippen LogP contribution in [0.5, 0.6) is 0 Å². The average Bonchev–Trinajstić information content (AvgIpc) is 2.43. The fourth-order valence-electron chi connectivity index (χ4n) is 1.67. The van der Waals surface area contributed by atoms with Gasteiger partial charge in [0.05, 0.1) is 5.52 Å². The molecule has 1 heterocycles. The van der Waals surface area contributed by atoms with Crippen LogP contribution in [0, 0.1) is 0 Å². The predicted molar refractivity (Wildman–Crippen MR) is 77.1 cm³/mol. The number of aromatic nitrogens is 1. The van der Waals surface area contributed by atoms with Crippen LogP contribution in [0.4, 0.5) is 0 Å². The van der Waals surface area contributed by atoms with Crippen LogP contribution < -0.4 is 5.32 Å². The van der Waals surface area contributed by atoms with Gasteiger partial charge in [-0.2, -0.15) is 0 Å². The number of nitrogens with one attached hydrogen (secondary N) is 1. The summed E-state index contributed by atoms with van der Waals surface area (Å²) in [5.41, 5.74) is 1.58. The zero-order chi connectivity index (χ0) is 13.0. The Morgan fingerprint density at radius 2 is 2.28 bits per heavy atom. The van der Waals surface area contributed by atoms with Gasteiger partial charge in [0.1, 0.15) is 0 Å². The van der Waals surface area contributed by atoms with Gasteiger partial charge in [-0.3, -0.25) is 9.78 Å². The molecule has 4 heteroatoms. The number of rotatable bonds is 4. The van der Waals surface area contributed by atoms with Crippen LogP contribution >= 0.6 is 15.9 Å². The van der Waals surface area contributed by atoms with Crippen molar-refractivity contribution in [2.45, 2.75) is 18.2 Å². The molecule has 1 amide bonds. The van der Waals surface area contributed by atoms with Crippen molar-refractivity contribution in [1.29, 1.82) is 0 Å². The average molecular weight is 307 g/mol. The fraction of sp³-hybridized carbons (Fsp3) is 0.286. The van der Waals surface area contributed by atoms with Crippen molar-refractivity contribution in [2.75, 3.05) is 6.54 Å². The van der Waals surface area contributed by atoms with E-state index in [9.17, 15) is 4.79 Å². The standard InChI is InChI=1S/C14H15BrN2O/c1-2-12(15)9-17-14(18)11-5-6-13-10(8-11)4-3-7-16-13/h3-8,12H,2,9H2,1H3,(H,17,18). The fourth-order valence-corrected chi connectivity index (χ4v) is 1.83. The Bertz CT molecular complexity index is 556. The highest BCUT2D eigenvalue weighted by Gasteiger charge is 2.08. The molecule has 0 radical (unpaired) electrons. The molecule has 0 aliphatic heterocycles. The molecular formula is C14H15BrN2O. The number of amides is 1. The molecule has 18 heavy (non-hydrogen) atoms. The van der Waals surface area contributed by atoms with Gasteiger partial charge in [0, 0.05) is 28.5 Å². The number of carbonyl (C=O) groups excluding carboxylic acids is 1. The molecule has 1 atom stereocenters. The molecule has 1 aromatic heterocycles. The highest BCUT2D eigenvalue weighted by atomic mass is 79.9. The van der Waals surface area contributed by atoms with E-state index in [1.54, 1.807) is 12.3 Å². The molecule has 1 N–H and O–H groups in total. The molecular weight excluding hydrogens is 292 g/mol. The van der Waals surface area contributed by atoms with E-state index >= 15 is 0 Å². The maximum atomic E-state index is 12.0. The second-order valence-electron chi connectivity index (χ2n) is 4.13. The van der Waals surface area contributed by atoms with Crippen molar-refractivity contribution < 1.29 is 4.79 Å². The second-order valence-corrected chi connectivity index (χ2v) is 5.42. The van der Waals surface area contributed by atoms with Gasteiger partial charge < -0.3 is 5.32 Å². The molecule has 94 valence electrons. The smallest absolute Gasteiger partial charge is 0.251 e. The van der Waals surface area contributed by atoms with E-state index in [1.807, 2.05) is 24.3 Å². The van der Waals surface area contributed by atoms with E-state index in [-0.39, 0.29) is 5.91 Å². The number of carbonyl (C=O) groups is 1. The summed E-state index contributed by atoms with van der Waals surface area (Å²) in [6, 6.07) is 9.37. The number of nitrogens with zero attached hydrogens (tertiary/aromatic N) is 1. The summed E-state index contributed by atoms with van der Waals surface area (Å²) in [6.07, 6.45) is 2.74. The molecule has 0 aliphatic rings. The van der Waals surface area contributed by atoms with Crippen LogP contribution in [-0.2, 0) is 0 Å².